The summed E-state index contributed by atoms with van der Waals surface area (Å²) in [5, 5.41) is 2.90. The molecule has 0 fully saturated rings. The van der Waals surface area contributed by atoms with Gasteiger partial charge >= 0.3 is 0 Å². The number of nitrogens with zero attached hydrogens (tertiary/aromatic N) is 1. The van der Waals surface area contributed by atoms with Gasteiger partial charge in [-0.25, -0.2) is 4.39 Å². The molecule has 0 saturated carbocycles. The lowest BCUT2D eigenvalue weighted by atomic mass is 10.1. The van der Waals surface area contributed by atoms with Gasteiger partial charge < -0.3 is 10.2 Å². The Morgan fingerprint density at radius 2 is 1.68 bits per heavy atom. The van der Waals surface area contributed by atoms with Crippen LogP contribution in [0.1, 0.15) is 37.8 Å². The van der Waals surface area contributed by atoms with Crippen molar-refractivity contribution in [3.05, 3.63) is 69.9 Å². The van der Waals surface area contributed by atoms with Gasteiger partial charge in [-0.05, 0) is 48.7 Å². The minimum Gasteiger partial charge on any atom is -0.354 e. The summed E-state index contributed by atoms with van der Waals surface area (Å²) in [6.45, 7) is 4.72. The molecular formula is C22H26BrFN2O2. The van der Waals surface area contributed by atoms with Crippen LogP contribution in [0.4, 0.5) is 4.39 Å². The van der Waals surface area contributed by atoms with Crippen molar-refractivity contribution < 1.29 is 14.0 Å². The maximum atomic E-state index is 13.1. The third-order valence-electron chi connectivity index (χ3n) is 4.53. The minimum atomic E-state index is -0.603. The Kier molecular flexibility index (Phi) is 8.64. The molecule has 0 saturated heterocycles. The Balaban J connectivity index is 2.15. The van der Waals surface area contributed by atoms with Crippen molar-refractivity contribution >= 4 is 27.7 Å². The molecule has 0 spiro atoms. The molecule has 6 heteroatoms. The number of rotatable bonds is 9. The summed E-state index contributed by atoms with van der Waals surface area (Å²) in [5.74, 6) is -0.683. The first-order valence-electron chi connectivity index (χ1n) is 9.46. The molecule has 2 aromatic rings. The van der Waals surface area contributed by atoms with Gasteiger partial charge in [-0.2, -0.15) is 0 Å². The van der Waals surface area contributed by atoms with Crippen LogP contribution in [0.3, 0.4) is 0 Å². The van der Waals surface area contributed by atoms with Crippen LogP contribution in [0, 0.1) is 5.82 Å². The summed E-state index contributed by atoms with van der Waals surface area (Å²) in [5.41, 5.74) is 1.65. The highest BCUT2D eigenvalue weighted by Gasteiger charge is 2.26. The van der Waals surface area contributed by atoms with Crippen molar-refractivity contribution in [2.45, 2.75) is 45.7 Å². The molecule has 1 atom stereocenters. The number of carbonyl (C=O) groups excluding carboxylic acids is 2. The number of amides is 2. The number of carbonyl (C=O) groups is 2. The first-order valence-corrected chi connectivity index (χ1v) is 10.3. The summed E-state index contributed by atoms with van der Waals surface area (Å²) in [4.78, 5) is 27.1. The average Bonchev–Trinajstić information content (AvgIpc) is 2.68. The maximum absolute atomic E-state index is 13.1. The van der Waals surface area contributed by atoms with E-state index in [4.69, 9.17) is 0 Å². The van der Waals surface area contributed by atoms with Gasteiger partial charge in [0.2, 0.25) is 11.8 Å². The molecule has 0 heterocycles. The van der Waals surface area contributed by atoms with E-state index >= 15 is 0 Å². The van der Waals surface area contributed by atoms with Crippen LogP contribution in [-0.2, 0) is 22.6 Å². The molecule has 0 aliphatic heterocycles. The van der Waals surface area contributed by atoms with Crippen molar-refractivity contribution in [3.63, 3.8) is 0 Å². The number of unbranched alkanes of at least 4 members (excludes halogenated alkanes) is 1. The molecule has 1 N–H and O–H groups in total. The van der Waals surface area contributed by atoms with Crippen molar-refractivity contribution in [2.24, 2.45) is 0 Å². The summed E-state index contributed by atoms with van der Waals surface area (Å²) in [6.07, 6.45) is 2.00. The third kappa shape index (κ3) is 6.75. The molecule has 4 nitrogen and oxygen atoms in total. The molecule has 0 aliphatic rings. The number of hydrogen-bond acceptors (Lipinski definition) is 2. The largest absolute Gasteiger partial charge is 0.354 e. The predicted molar refractivity (Wildman–Crippen MR) is 112 cm³/mol. The van der Waals surface area contributed by atoms with E-state index < -0.39 is 6.04 Å². The summed E-state index contributed by atoms with van der Waals surface area (Å²) < 4.78 is 14.1. The Bertz CT molecular complexity index is 778. The highest BCUT2D eigenvalue weighted by molar-refractivity contribution is 9.10. The fraction of sp³-hybridized carbons (Fsp3) is 0.364. The van der Waals surface area contributed by atoms with Gasteiger partial charge in [0.15, 0.2) is 0 Å². The van der Waals surface area contributed by atoms with Gasteiger partial charge in [-0.3, -0.25) is 9.59 Å². The zero-order chi connectivity index (χ0) is 20.5. The van der Waals surface area contributed by atoms with Crippen LogP contribution < -0.4 is 5.32 Å². The molecule has 0 aromatic heterocycles. The van der Waals surface area contributed by atoms with Gasteiger partial charge in [0.1, 0.15) is 11.9 Å². The van der Waals surface area contributed by atoms with Crippen LogP contribution in [0.25, 0.3) is 0 Å². The molecule has 2 rings (SSSR count). The van der Waals surface area contributed by atoms with Crippen LogP contribution in [0.2, 0.25) is 0 Å². The fourth-order valence-electron chi connectivity index (χ4n) is 2.78. The minimum absolute atomic E-state index is 0.114. The van der Waals surface area contributed by atoms with E-state index in [-0.39, 0.29) is 24.1 Å². The van der Waals surface area contributed by atoms with Crippen molar-refractivity contribution in [2.75, 3.05) is 6.54 Å². The zero-order valence-electron chi connectivity index (χ0n) is 16.3. The Morgan fingerprint density at radius 3 is 2.29 bits per heavy atom. The smallest absolute Gasteiger partial charge is 0.242 e. The summed E-state index contributed by atoms with van der Waals surface area (Å²) >= 11 is 3.40. The normalized spacial score (nSPS) is 11.7. The van der Waals surface area contributed by atoms with Gasteiger partial charge in [-0.15, -0.1) is 0 Å². The van der Waals surface area contributed by atoms with Crippen molar-refractivity contribution in [1.82, 2.24) is 10.2 Å². The third-order valence-corrected chi connectivity index (χ3v) is 5.06. The van der Waals surface area contributed by atoms with E-state index in [0.717, 1.165) is 22.9 Å². The topological polar surface area (TPSA) is 49.4 Å². The highest BCUT2D eigenvalue weighted by Crippen LogP contribution is 2.16. The Morgan fingerprint density at radius 1 is 1.07 bits per heavy atom. The van der Waals surface area contributed by atoms with E-state index in [1.165, 1.54) is 12.1 Å². The lowest BCUT2D eigenvalue weighted by Crippen LogP contribution is -2.48. The predicted octanol–water partition coefficient (Wildman–Crippen LogP) is 4.46. The molecule has 0 unspecified atom stereocenters. The van der Waals surface area contributed by atoms with Gasteiger partial charge in [-0.1, -0.05) is 53.5 Å². The first kappa shape index (κ1) is 22.1. The summed E-state index contributed by atoms with van der Waals surface area (Å²) in [7, 11) is 0. The van der Waals surface area contributed by atoms with E-state index in [2.05, 4.69) is 28.2 Å². The van der Waals surface area contributed by atoms with Crippen molar-refractivity contribution in [1.29, 1.82) is 0 Å². The SMILES string of the molecule is CCCCNC(=O)[C@@H](C)N(Cc1ccc(Br)cc1)C(=O)Cc1ccc(F)cc1. The summed E-state index contributed by atoms with van der Waals surface area (Å²) in [6, 6.07) is 12.9. The van der Waals surface area contributed by atoms with Gasteiger partial charge in [0.05, 0.1) is 6.42 Å². The number of halogens is 2. The molecule has 0 aliphatic carbocycles. The highest BCUT2D eigenvalue weighted by atomic mass is 79.9. The average molecular weight is 449 g/mol. The molecule has 2 amide bonds. The molecular weight excluding hydrogens is 423 g/mol. The van der Waals surface area contributed by atoms with Gasteiger partial charge in [0.25, 0.3) is 0 Å². The molecule has 0 radical (unpaired) electrons. The lowest BCUT2D eigenvalue weighted by molar-refractivity contribution is -0.140. The van der Waals surface area contributed by atoms with E-state index in [1.807, 2.05) is 24.3 Å². The lowest BCUT2D eigenvalue weighted by Gasteiger charge is -2.29. The second-order valence-corrected chi connectivity index (χ2v) is 7.69. The standard InChI is InChI=1S/C22H26BrFN2O2/c1-3-4-13-25-22(28)16(2)26(15-18-5-9-19(23)10-6-18)21(27)14-17-7-11-20(24)12-8-17/h5-12,16H,3-4,13-15H2,1-2H3,(H,25,28)/t16-/m1/s1. The number of hydrogen-bond donors (Lipinski definition) is 1. The van der Waals surface area contributed by atoms with E-state index in [1.54, 1.807) is 24.0 Å². The second kappa shape index (κ2) is 11.0. The maximum Gasteiger partial charge on any atom is 0.242 e. The fourth-order valence-corrected chi connectivity index (χ4v) is 3.05. The second-order valence-electron chi connectivity index (χ2n) is 6.77. The molecule has 2 aromatic carbocycles. The van der Waals surface area contributed by atoms with Crippen LogP contribution in [-0.4, -0.2) is 29.3 Å². The van der Waals surface area contributed by atoms with Crippen LogP contribution >= 0.6 is 15.9 Å². The Hall–Kier alpha value is -2.21. The molecule has 28 heavy (non-hydrogen) atoms. The Labute approximate surface area is 174 Å². The monoisotopic (exact) mass is 448 g/mol. The molecule has 0 bridgehead atoms. The van der Waals surface area contributed by atoms with E-state index in [0.29, 0.717) is 18.7 Å². The quantitative estimate of drug-likeness (QED) is 0.575. The van der Waals surface area contributed by atoms with E-state index in [9.17, 15) is 14.0 Å². The van der Waals surface area contributed by atoms with Crippen LogP contribution in [0.5, 0.6) is 0 Å². The molecule has 150 valence electrons. The zero-order valence-corrected chi connectivity index (χ0v) is 17.8. The van der Waals surface area contributed by atoms with Gasteiger partial charge in [0, 0.05) is 17.6 Å². The number of benzene rings is 2. The van der Waals surface area contributed by atoms with Crippen molar-refractivity contribution in [3.8, 4) is 0 Å². The first-order chi connectivity index (χ1) is 13.4. The van der Waals surface area contributed by atoms with Crippen LogP contribution in [0.15, 0.2) is 53.0 Å². The number of nitrogens with one attached hydrogen (secondary N) is 1.